The molecular weight excluding hydrogens is 894 g/mol. The molecule has 7 aromatic rings. The number of aromatic nitrogens is 4. The highest BCUT2D eigenvalue weighted by Gasteiger charge is 2.31. The van der Waals surface area contributed by atoms with Crippen molar-refractivity contribution in [3.8, 4) is 5.69 Å². The van der Waals surface area contributed by atoms with Crippen LogP contribution < -0.4 is 14.9 Å². The minimum atomic E-state index is -4.62. The summed E-state index contributed by atoms with van der Waals surface area (Å²) in [6.07, 6.45) is 8.05. The van der Waals surface area contributed by atoms with Crippen molar-refractivity contribution in [2.24, 2.45) is 5.41 Å². The number of halogens is 1. The Morgan fingerprint density at radius 1 is 1.00 bits per heavy atom. The maximum absolute atomic E-state index is 14.5. The van der Waals surface area contributed by atoms with Crippen molar-refractivity contribution in [2.75, 3.05) is 69.3 Å². The molecule has 4 aromatic heterocycles. The van der Waals surface area contributed by atoms with Crippen molar-refractivity contribution in [2.45, 2.75) is 44.1 Å². The number of ether oxygens (including phenoxy) is 2. The summed E-state index contributed by atoms with van der Waals surface area (Å²) in [5, 5.41) is 17.5. The Hall–Kier alpha value is -6.37. The zero-order valence-corrected chi connectivity index (χ0v) is 38.7. The first-order chi connectivity index (χ1) is 32.3. The van der Waals surface area contributed by atoms with Crippen LogP contribution in [-0.4, -0.2) is 109 Å². The number of sulfonamides is 1. The molecule has 1 aliphatic carbocycles. The lowest BCUT2D eigenvalue weighted by Gasteiger charge is -2.39. The molecule has 1 atom stereocenters. The fraction of sp³-hybridized carbons (Fsp3) is 0.327. The SMILES string of the molecule is CC1(C)CCC(CN2CCN(c3ccc(C(=O)NS(=O)(=O)c4ccc(NC[C@H]5COCCO5)c([N+](=O)[O-])c4)c(-n4c5ccncc5c5nc6[nH]ccc6cc54)c3)CC2)=C(c2ccc(Cl)cc2)C1. The summed E-state index contributed by atoms with van der Waals surface area (Å²) < 4.78 is 43.3. The third-order valence-electron chi connectivity index (χ3n) is 13.2. The molecule has 6 heterocycles. The molecule has 0 radical (unpaired) electrons. The molecule has 3 aromatic carbocycles. The molecule has 67 heavy (non-hydrogen) atoms. The number of aromatic amines is 1. The van der Waals surface area contributed by atoms with Crippen LogP contribution in [0.3, 0.4) is 0 Å². The average Bonchev–Trinajstić information content (AvgIpc) is 3.92. The monoisotopic (exact) mass is 943 g/mol. The van der Waals surface area contributed by atoms with E-state index >= 15 is 0 Å². The Morgan fingerprint density at radius 3 is 2.60 bits per heavy atom. The Balaban J connectivity index is 0.969. The zero-order valence-electron chi connectivity index (χ0n) is 37.1. The van der Waals surface area contributed by atoms with Crippen molar-refractivity contribution in [3.05, 3.63) is 129 Å². The van der Waals surface area contributed by atoms with E-state index in [-0.39, 0.29) is 29.3 Å². The zero-order chi connectivity index (χ0) is 46.5. The number of hydrogen-bond acceptors (Lipinski definition) is 12. The number of allylic oxidation sites excluding steroid dienone is 1. The minimum absolute atomic E-state index is 0.0696. The average molecular weight is 945 g/mol. The molecule has 2 saturated heterocycles. The van der Waals surface area contributed by atoms with E-state index in [1.165, 1.54) is 28.8 Å². The number of amides is 1. The number of piperazine rings is 1. The molecular formula is C49H50ClN9O7S. The second-order valence-electron chi connectivity index (χ2n) is 18.2. The third-order valence-corrected chi connectivity index (χ3v) is 14.7. The van der Waals surface area contributed by atoms with Gasteiger partial charge in [0.25, 0.3) is 21.6 Å². The molecule has 18 heteroatoms. The van der Waals surface area contributed by atoms with Gasteiger partial charge >= 0.3 is 0 Å². The van der Waals surface area contributed by atoms with Gasteiger partial charge in [-0.15, -0.1) is 0 Å². The first-order valence-electron chi connectivity index (χ1n) is 22.4. The lowest BCUT2D eigenvalue weighted by molar-refractivity contribution is -0.384. The lowest BCUT2D eigenvalue weighted by Crippen LogP contribution is -2.47. The molecule has 0 spiro atoms. The number of nitrogens with zero attached hydrogens (tertiary/aromatic N) is 6. The number of benzene rings is 3. The van der Waals surface area contributed by atoms with Gasteiger partial charge < -0.3 is 29.2 Å². The lowest BCUT2D eigenvalue weighted by atomic mass is 9.72. The van der Waals surface area contributed by atoms with E-state index in [0.717, 1.165) is 79.5 Å². The largest absolute Gasteiger partial charge is 0.377 e. The van der Waals surface area contributed by atoms with Crippen LogP contribution >= 0.6 is 11.6 Å². The van der Waals surface area contributed by atoms with Crippen LogP contribution in [0.5, 0.6) is 0 Å². The summed E-state index contributed by atoms with van der Waals surface area (Å²) in [5.74, 6) is -0.911. The first-order valence-corrected chi connectivity index (χ1v) is 24.3. The quantitative estimate of drug-likeness (QED) is 0.0786. The van der Waals surface area contributed by atoms with Crippen LogP contribution in [0.2, 0.25) is 5.02 Å². The fourth-order valence-corrected chi connectivity index (χ4v) is 10.7. The van der Waals surface area contributed by atoms with E-state index in [9.17, 15) is 23.3 Å². The molecule has 16 nitrogen and oxygen atoms in total. The maximum atomic E-state index is 14.5. The minimum Gasteiger partial charge on any atom is -0.377 e. The fourth-order valence-electron chi connectivity index (χ4n) is 9.58. The van der Waals surface area contributed by atoms with Gasteiger partial charge in [0.15, 0.2) is 0 Å². The highest BCUT2D eigenvalue weighted by molar-refractivity contribution is 7.90. The molecule has 1 amide bonds. The first kappa shape index (κ1) is 44.5. The van der Waals surface area contributed by atoms with Crippen LogP contribution in [0.1, 0.15) is 49.0 Å². The normalized spacial score (nSPS) is 18.2. The summed E-state index contributed by atoms with van der Waals surface area (Å²) in [6.45, 7) is 10.0. The van der Waals surface area contributed by atoms with E-state index in [4.69, 9.17) is 26.1 Å². The molecule has 10 rings (SSSR count). The van der Waals surface area contributed by atoms with Gasteiger partial charge in [0.2, 0.25) is 0 Å². The smallest absolute Gasteiger partial charge is 0.293 e. The predicted octanol–water partition coefficient (Wildman–Crippen LogP) is 8.35. The van der Waals surface area contributed by atoms with Crippen LogP contribution in [-0.2, 0) is 19.5 Å². The second-order valence-corrected chi connectivity index (χ2v) is 20.3. The highest BCUT2D eigenvalue weighted by Crippen LogP contribution is 2.44. The van der Waals surface area contributed by atoms with Gasteiger partial charge in [-0.05, 0) is 96.5 Å². The van der Waals surface area contributed by atoms with Crippen molar-refractivity contribution < 1.29 is 27.6 Å². The van der Waals surface area contributed by atoms with Gasteiger partial charge in [-0.25, -0.2) is 18.1 Å². The van der Waals surface area contributed by atoms with Gasteiger partial charge in [-0.2, -0.15) is 0 Å². The van der Waals surface area contributed by atoms with Crippen LogP contribution in [0, 0.1) is 15.5 Å². The molecule has 3 N–H and O–H groups in total. The Labute approximate surface area is 392 Å². The van der Waals surface area contributed by atoms with Crippen LogP contribution in [0.25, 0.3) is 44.2 Å². The number of H-pyrrole nitrogens is 1. The summed E-state index contributed by atoms with van der Waals surface area (Å²) in [4.78, 5) is 43.0. The van der Waals surface area contributed by atoms with Gasteiger partial charge in [0.1, 0.15) is 16.9 Å². The van der Waals surface area contributed by atoms with Gasteiger partial charge in [-0.1, -0.05) is 43.2 Å². The molecule has 0 saturated carbocycles. The summed E-state index contributed by atoms with van der Waals surface area (Å²) in [5.41, 5.74) is 8.05. The number of pyridine rings is 2. The topological polar surface area (TPSA) is 190 Å². The Bertz CT molecular complexity index is 3190. The number of fused-ring (bicyclic) bond motifs is 4. The molecule has 2 fully saturated rings. The number of nitro groups is 1. The van der Waals surface area contributed by atoms with E-state index < -0.39 is 31.4 Å². The number of anilines is 2. The number of carbonyl (C=O) groups excluding carboxylic acids is 1. The molecule has 0 bridgehead atoms. The summed E-state index contributed by atoms with van der Waals surface area (Å²) in [6, 6.07) is 22.8. The van der Waals surface area contributed by atoms with Crippen molar-refractivity contribution >= 4 is 83.1 Å². The van der Waals surface area contributed by atoms with E-state index in [1.807, 2.05) is 53.2 Å². The molecule has 0 unspecified atom stereocenters. The maximum Gasteiger partial charge on any atom is 0.293 e. The molecule has 3 aliphatic rings. The number of hydrogen-bond donors (Lipinski definition) is 3. The second kappa shape index (κ2) is 18.0. The number of carbonyl (C=O) groups is 1. The number of rotatable bonds is 12. The van der Waals surface area contributed by atoms with Crippen LogP contribution in [0.4, 0.5) is 17.1 Å². The Morgan fingerprint density at radius 2 is 1.82 bits per heavy atom. The van der Waals surface area contributed by atoms with Crippen LogP contribution in [0.15, 0.2) is 108 Å². The molecule has 346 valence electrons. The van der Waals surface area contributed by atoms with Crippen molar-refractivity contribution in [3.63, 3.8) is 0 Å². The van der Waals surface area contributed by atoms with E-state index in [1.54, 1.807) is 18.5 Å². The Kier molecular flexibility index (Phi) is 12.0. The van der Waals surface area contributed by atoms with Gasteiger partial charge in [-0.3, -0.25) is 24.8 Å². The highest BCUT2D eigenvalue weighted by atomic mass is 35.5. The number of nitro benzene ring substituents is 1. The third kappa shape index (κ3) is 9.09. The standard InChI is InChI=1S/C49H50ClN9O7S/c1-49(2)14-11-33(39(26-49)31-3-5-34(50)6-4-31)29-56-17-19-57(20-18-56)35-7-9-38(43(24-35)58-42-13-15-51-28-40(42)46-45(58)23-32-12-16-52-47(32)54-46)48(60)55-67(63,64)37-8-10-41(44(25-37)59(61)62)53-27-36-30-65-21-22-66-36/h3-10,12-13,15-16,23-25,28,36,53H,11,14,17-22,26-27,29-30H2,1-2H3,(H,52,54)(H,55,60)/t36-/m0/s1. The van der Waals surface area contributed by atoms with Crippen molar-refractivity contribution in [1.82, 2.24) is 29.1 Å². The predicted molar refractivity (Wildman–Crippen MR) is 260 cm³/mol. The van der Waals surface area contributed by atoms with Gasteiger partial charge in [0.05, 0.1) is 58.0 Å². The van der Waals surface area contributed by atoms with Gasteiger partial charge in [0, 0.05) is 85.4 Å². The summed E-state index contributed by atoms with van der Waals surface area (Å²) >= 11 is 6.28. The van der Waals surface area contributed by atoms with E-state index in [2.05, 4.69) is 55.8 Å². The molecule has 2 aliphatic heterocycles. The van der Waals surface area contributed by atoms with E-state index in [0.29, 0.717) is 47.7 Å². The summed E-state index contributed by atoms with van der Waals surface area (Å²) in [7, 11) is -4.62. The number of nitrogens with one attached hydrogen (secondary N) is 3. The van der Waals surface area contributed by atoms with Crippen molar-refractivity contribution in [1.29, 1.82) is 0 Å².